The van der Waals surface area contributed by atoms with Crippen molar-refractivity contribution in [1.29, 1.82) is 0 Å². The van der Waals surface area contributed by atoms with E-state index < -0.39 is 30.0 Å². The molecule has 6 nitrogen and oxygen atoms in total. The number of nitrogens with zero attached hydrogens (tertiary/aromatic N) is 3. The lowest BCUT2D eigenvalue weighted by Crippen LogP contribution is -2.44. The molecule has 3 heterocycles. The van der Waals surface area contributed by atoms with Gasteiger partial charge in [-0.1, -0.05) is 0 Å². The van der Waals surface area contributed by atoms with E-state index >= 15 is 0 Å². The number of rotatable bonds is 4. The fourth-order valence-corrected chi connectivity index (χ4v) is 2.58. The maximum absolute atomic E-state index is 13.5. The molecule has 2 atom stereocenters. The molecule has 1 aliphatic rings. The molecule has 2 aromatic heterocycles. The molecule has 0 radical (unpaired) electrons. The molecule has 0 spiro atoms. The molecule has 2 aromatic rings. The van der Waals surface area contributed by atoms with E-state index in [1.165, 1.54) is 18.5 Å². The minimum Gasteiger partial charge on any atom is -0.349 e. The van der Waals surface area contributed by atoms with E-state index in [9.17, 15) is 22.4 Å². The summed E-state index contributed by atoms with van der Waals surface area (Å²) in [6.07, 6.45) is -3.14. The molecular weight excluding hydrogens is 354 g/mol. The quantitative estimate of drug-likeness (QED) is 0.805. The predicted octanol–water partition coefficient (Wildman–Crippen LogP) is 1.87. The Morgan fingerprint density at radius 3 is 2.69 bits per heavy atom. The highest BCUT2D eigenvalue weighted by Gasteiger charge is 2.33. The minimum absolute atomic E-state index is 0.0489. The zero-order chi connectivity index (χ0) is 18.7. The van der Waals surface area contributed by atoms with E-state index in [0.29, 0.717) is 23.5 Å². The Hall–Kier alpha value is -2.62. The van der Waals surface area contributed by atoms with Crippen LogP contribution in [0, 0.1) is 0 Å². The van der Waals surface area contributed by atoms with Crippen LogP contribution in [0.5, 0.6) is 0 Å². The SMILES string of the molecule is O=C(NCc1cc(-c2ccc(C(F)(F)F)nc2)ncn1)[C@H]1NCCC1F. The second kappa shape index (κ2) is 7.32. The van der Waals surface area contributed by atoms with E-state index in [1.54, 1.807) is 0 Å². The summed E-state index contributed by atoms with van der Waals surface area (Å²) in [5.41, 5.74) is 0.200. The van der Waals surface area contributed by atoms with Gasteiger partial charge < -0.3 is 10.6 Å². The lowest BCUT2D eigenvalue weighted by molar-refractivity contribution is -0.141. The van der Waals surface area contributed by atoms with Gasteiger partial charge >= 0.3 is 6.18 Å². The van der Waals surface area contributed by atoms with Crippen molar-refractivity contribution in [2.24, 2.45) is 0 Å². The highest BCUT2D eigenvalue weighted by Crippen LogP contribution is 2.28. The Labute approximate surface area is 146 Å². The number of amides is 1. The Morgan fingerprint density at radius 1 is 1.27 bits per heavy atom. The van der Waals surface area contributed by atoms with Crippen LogP contribution in [0.1, 0.15) is 17.8 Å². The summed E-state index contributed by atoms with van der Waals surface area (Å²) >= 11 is 0. The number of hydrogen-bond acceptors (Lipinski definition) is 5. The summed E-state index contributed by atoms with van der Waals surface area (Å²) in [4.78, 5) is 23.3. The Kier molecular flexibility index (Phi) is 5.12. The highest BCUT2D eigenvalue weighted by molar-refractivity contribution is 5.82. The third-order valence-corrected chi connectivity index (χ3v) is 3.95. The van der Waals surface area contributed by atoms with E-state index in [0.717, 1.165) is 12.3 Å². The molecule has 1 unspecified atom stereocenters. The number of pyridine rings is 1. The molecule has 3 rings (SSSR count). The van der Waals surface area contributed by atoms with Crippen molar-refractivity contribution in [3.8, 4) is 11.3 Å². The van der Waals surface area contributed by atoms with E-state index in [4.69, 9.17) is 0 Å². The van der Waals surface area contributed by atoms with Crippen molar-refractivity contribution in [3.63, 3.8) is 0 Å². The summed E-state index contributed by atoms with van der Waals surface area (Å²) in [6, 6.07) is 2.78. The molecule has 1 fully saturated rings. The second-order valence-corrected chi connectivity index (χ2v) is 5.78. The Morgan fingerprint density at radius 2 is 2.08 bits per heavy atom. The zero-order valence-corrected chi connectivity index (χ0v) is 13.4. The smallest absolute Gasteiger partial charge is 0.349 e. The summed E-state index contributed by atoms with van der Waals surface area (Å²) in [5.74, 6) is -0.466. The lowest BCUT2D eigenvalue weighted by atomic mass is 10.1. The summed E-state index contributed by atoms with van der Waals surface area (Å²) in [7, 11) is 0. The zero-order valence-electron chi connectivity index (χ0n) is 13.4. The van der Waals surface area contributed by atoms with Crippen LogP contribution in [0.2, 0.25) is 0 Å². The van der Waals surface area contributed by atoms with E-state index in [2.05, 4.69) is 25.6 Å². The average molecular weight is 369 g/mol. The molecule has 138 valence electrons. The number of carbonyl (C=O) groups excluding carboxylic acids is 1. The maximum Gasteiger partial charge on any atom is 0.433 e. The van der Waals surface area contributed by atoms with Gasteiger partial charge in [0.15, 0.2) is 0 Å². The largest absolute Gasteiger partial charge is 0.433 e. The van der Waals surface area contributed by atoms with Crippen LogP contribution in [-0.4, -0.2) is 39.6 Å². The number of nitrogens with one attached hydrogen (secondary N) is 2. The van der Waals surface area contributed by atoms with Crippen molar-refractivity contribution in [2.75, 3.05) is 6.54 Å². The molecule has 1 aliphatic heterocycles. The molecule has 1 saturated heterocycles. The Balaban J connectivity index is 1.67. The number of halogens is 4. The third kappa shape index (κ3) is 4.13. The molecule has 0 bridgehead atoms. The van der Waals surface area contributed by atoms with Crippen molar-refractivity contribution in [2.45, 2.75) is 31.4 Å². The third-order valence-electron chi connectivity index (χ3n) is 3.95. The first-order chi connectivity index (χ1) is 12.3. The molecule has 26 heavy (non-hydrogen) atoms. The first kappa shape index (κ1) is 18.2. The minimum atomic E-state index is -4.51. The van der Waals surface area contributed by atoms with Crippen LogP contribution in [0.4, 0.5) is 17.6 Å². The summed E-state index contributed by atoms with van der Waals surface area (Å²) < 4.78 is 51.2. The molecule has 0 saturated carbocycles. The fourth-order valence-electron chi connectivity index (χ4n) is 2.58. The molecule has 2 N–H and O–H groups in total. The first-order valence-corrected chi connectivity index (χ1v) is 7.84. The van der Waals surface area contributed by atoms with Gasteiger partial charge in [0.25, 0.3) is 0 Å². The van der Waals surface area contributed by atoms with Crippen LogP contribution in [0.15, 0.2) is 30.7 Å². The highest BCUT2D eigenvalue weighted by atomic mass is 19.4. The van der Waals surface area contributed by atoms with Crippen LogP contribution in [0.25, 0.3) is 11.3 Å². The standard InChI is InChI=1S/C16H15F4N5O/c17-11-3-4-21-14(11)15(26)23-7-10-5-12(25-8-24-10)9-1-2-13(22-6-9)16(18,19)20/h1-2,5-6,8,11,14,21H,3-4,7H2,(H,23,26)/t11?,14-/m0/s1. The maximum atomic E-state index is 13.5. The topological polar surface area (TPSA) is 79.8 Å². The van der Waals surface area contributed by atoms with Crippen LogP contribution in [0.3, 0.4) is 0 Å². The van der Waals surface area contributed by atoms with Gasteiger partial charge in [0.1, 0.15) is 24.2 Å². The van der Waals surface area contributed by atoms with E-state index in [-0.39, 0.29) is 13.0 Å². The summed E-state index contributed by atoms with van der Waals surface area (Å²) in [5, 5.41) is 5.36. The normalized spacial score (nSPS) is 20.2. The Bertz CT molecular complexity index is 781. The van der Waals surface area contributed by atoms with Gasteiger partial charge in [-0.15, -0.1) is 0 Å². The fraction of sp³-hybridized carbons (Fsp3) is 0.375. The number of carbonyl (C=O) groups is 1. The van der Waals surface area contributed by atoms with Crippen LogP contribution in [-0.2, 0) is 17.5 Å². The van der Waals surface area contributed by atoms with Gasteiger partial charge in [0.2, 0.25) is 5.91 Å². The second-order valence-electron chi connectivity index (χ2n) is 5.78. The predicted molar refractivity (Wildman–Crippen MR) is 83.4 cm³/mol. The van der Waals surface area contributed by atoms with Gasteiger partial charge in [-0.05, 0) is 31.2 Å². The molecular formula is C16H15F4N5O. The molecule has 1 amide bonds. The van der Waals surface area contributed by atoms with Crippen LogP contribution < -0.4 is 10.6 Å². The monoisotopic (exact) mass is 369 g/mol. The van der Waals surface area contributed by atoms with Gasteiger partial charge in [-0.2, -0.15) is 13.2 Å². The van der Waals surface area contributed by atoms with Crippen molar-refractivity contribution in [1.82, 2.24) is 25.6 Å². The molecule has 0 aromatic carbocycles. The van der Waals surface area contributed by atoms with Gasteiger partial charge in [0, 0.05) is 11.8 Å². The van der Waals surface area contributed by atoms with Crippen molar-refractivity contribution >= 4 is 5.91 Å². The van der Waals surface area contributed by atoms with Crippen LogP contribution >= 0.6 is 0 Å². The number of hydrogen-bond donors (Lipinski definition) is 2. The van der Waals surface area contributed by atoms with Crippen molar-refractivity contribution in [3.05, 3.63) is 42.1 Å². The molecule has 10 heteroatoms. The molecule has 0 aliphatic carbocycles. The van der Waals surface area contributed by atoms with E-state index in [1.807, 2.05) is 0 Å². The van der Waals surface area contributed by atoms with Gasteiger partial charge in [-0.25, -0.2) is 14.4 Å². The number of alkyl halides is 4. The van der Waals surface area contributed by atoms with Gasteiger partial charge in [-0.3, -0.25) is 9.78 Å². The van der Waals surface area contributed by atoms with Gasteiger partial charge in [0.05, 0.1) is 17.9 Å². The number of aromatic nitrogens is 3. The lowest BCUT2D eigenvalue weighted by Gasteiger charge is -2.13. The van der Waals surface area contributed by atoms with Crippen molar-refractivity contribution < 1.29 is 22.4 Å². The first-order valence-electron chi connectivity index (χ1n) is 7.84. The summed E-state index contributed by atoms with van der Waals surface area (Å²) in [6.45, 7) is 0.491. The average Bonchev–Trinajstić information content (AvgIpc) is 3.05.